The van der Waals surface area contributed by atoms with Crippen LogP contribution in [0.15, 0.2) is 0 Å². The maximum Gasteiger partial charge on any atom is 0.220 e. The van der Waals surface area contributed by atoms with E-state index in [2.05, 4.69) is 5.32 Å². The predicted molar refractivity (Wildman–Crippen MR) is 55.4 cm³/mol. The van der Waals surface area contributed by atoms with Crippen LogP contribution in [0.2, 0.25) is 0 Å². The first-order chi connectivity index (χ1) is 6.23. The molecule has 2 heterocycles. The molecule has 1 spiro atoms. The van der Waals surface area contributed by atoms with Gasteiger partial charge in [0, 0.05) is 25.7 Å². The Morgan fingerprint density at radius 3 is 2.71 bits per heavy atom. The number of ether oxygens (including phenoxy) is 1. The standard InChI is InChI=1S/C9H16N2O2.ClH/c10-7-1-2-8(12)11-9(7)3-5-13-6-4-9;/h7H,1-6,10H2,(H,11,12);1H. The zero-order valence-electron chi connectivity index (χ0n) is 8.12. The molecule has 0 aromatic heterocycles. The van der Waals surface area contributed by atoms with Crippen LogP contribution in [0.5, 0.6) is 0 Å². The van der Waals surface area contributed by atoms with Crippen molar-refractivity contribution in [1.82, 2.24) is 5.32 Å². The Hall–Kier alpha value is -0.320. The minimum atomic E-state index is -0.159. The number of hydrogen-bond donors (Lipinski definition) is 2. The van der Waals surface area contributed by atoms with Gasteiger partial charge < -0.3 is 15.8 Å². The molecule has 0 bridgehead atoms. The average Bonchev–Trinajstić information content (AvgIpc) is 2.14. The minimum absolute atomic E-state index is 0. The first-order valence-corrected chi connectivity index (χ1v) is 4.87. The Balaban J connectivity index is 0.000000980. The molecule has 0 aromatic carbocycles. The molecule has 0 aromatic rings. The number of nitrogens with one attached hydrogen (secondary N) is 1. The number of carbonyl (C=O) groups excluding carboxylic acids is 1. The Morgan fingerprint density at radius 2 is 2.07 bits per heavy atom. The SMILES string of the molecule is Cl.NC1CCC(=O)NC12CCOCC2. The number of carbonyl (C=O) groups is 1. The van der Waals surface area contributed by atoms with Crippen molar-refractivity contribution < 1.29 is 9.53 Å². The zero-order chi connectivity index (χ0) is 9.31. The number of hydrogen-bond acceptors (Lipinski definition) is 3. The molecule has 14 heavy (non-hydrogen) atoms. The van der Waals surface area contributed by atoms with Gasteiger partial charge in [0.15, 0.2) is 0 Å². The topological polar surface area (TPSA) is 64.4 Å². The summed E-state index contributed by atoms with van der Waals surface area (Å²) in [5.74, 6) is 0.142. The smallest absolute Gasteiger partial charge is 0.220 e. The Bertz CT molecular complexity index is 217. The van der Waals surface area contributed by atoms with Crippen LogP contribution in [-0.2, 0) is 9.53 Å². The van der Waals surface area contributed by atoms with E-state index in [0.29, 0.717) is 19.6 Å². The first-order valence-electron chi connectivity index (χ1n) is 4.87. The van der Waals surface area contributed by atoms with Gasteiger partial charge in [-0.3, -0.25) is 4.79 Å². The lowest BCUT2D eigenvalue weighted by molar-refractivity contribution is -0.127. The average molecular weight is 221 g/mol. The fourth-order valence-electron chi connectivity index (χ4n) is 2.23. The molecule has 82 valence electrons. The van der Waals surface area contributed by atoms with Crippen LogP contribution in [0.1, 0.15) is 25.7 Å². The number of rotatable bonds is 0. The maximum absolute atomic E-state index is 11.3. The molecular formula is C9H17ClN2O2. The Labute approximate surface area is 90.0 Å². The molecule has 0 saturated carbocycles. The van der Waals surface area contributed by atoms with Crippen LogP contribution in [0.4, 0.5) is 0 Å². The van der Waals surface area contributed by atoms with Crippen LogP contribution in [-0.4, -0.2) is 30.7 Å². The van der Waals surface area contributed by atoms with E-state index in [-0.39, 0.29) is 29.9 Å². The zero-order valence-corrected chi connectivity index (χ0v) is 8.94. The Morgan fingerprint density at radius 1 is 1.43 bits per heavy atom. The number of halogens is 1. The second-order valence-corrected chi connectivity index (χ2v) is 3.96. The normalized spacial score (nSPS) is 30.6. The lowest BCUT2D eigenvalue weighted by Gasteiger charge is -2.45. The molecule has 3 N–H and O–H groups in total. The molecule has 1 atom stereocenters. The predicted octanol–water partition coefficient (Wildman–Crippen LogP) is 0.195. The molecule has 1 amide bonds. The van der Waals surface area contributed by atoms with Crippen molar-refractivity contribution in [3.05, 3.63) is 0 Å². The van der Waals surface area contributed by atoms with E-state index in [0.717, 1.165) is 19.3 Å². The molecule has 4 nitrogen and oxygen atoms in total. The third-order valence-electron chi connectivity index (χ3n) is 3.17. The second kappa shape index (κ2) is 4.47. The van der Waals surface area contributed by atoms with Crippen molar-refractivity contribution in [2.75, 3.05) is 13.2 Å². The quantitative estimate of drug-likeness (QED) is 0.613. The van der Waals surface area contributed by atoms with Crippen LogP contribution in [0.3, 0.4) is 0 Å². The molecule has 0 aliphatic carbocycles. The third kappa shape index (κ3) is 2.02. The molecule has 1 unspecified atom stereocenters. The number of nitrogens with two attached hydrogens (primary N) is 1. The second-order valence-electron chi connectivity index (χ2n) is 3.96. The summed E-state index contributed by atoms with van der Waals surface area (Å²) in [6, 6.07) is 0.106. The third-order valence-corrected chi connectivity index (χ3v) is 3.17. The summed E-state index contributed by atoms with van der Waals surface area (Å²) >= 11 is 0. The van der Waals surface area contributed by atoms with Crippen molar-refractivity contribution in [2.45, 2.75) is 37.3 Å². The van der Waals surface area contributed by atoms with Crippen LogP contribution in [0.25, 0.3) is 0 Å². The highest BCUT2D eigenvalue weighted by molar-refractivity contribution is 5.85. The van der Waals surface area contributed by atoms with E-state index in [4.69, 9.17) is 10.5 Å². The van der Waals surface area contributed by atoms with Crippen molar-refractivity contribution in [3.63, 3.8) is 0 Å². The van der Waals surface area contributed by atoms with Gasteiger partial charge in [0.1, 0.15) is 0 Å². The maximum atomic E-state index is 11.3. The summed E-state index contributed by atoms with van der Waals surface area (Å²) in [4.78, 5) is 11.3. The molecule has 5 heteroatoms. The van der Waals surface area contributed by atoms with Crippen molar-refractivity contribution >= 4 is 18.3 Å². The minimum Gasteiger partial charge on any atom is -0.381 e. The lowest BCUT2D eigenvalue weighted by Crippen LogP contribution is -2.65. The van der Waals surface area contributed by atoms with E-state index in [1.54, 1.807) is 0 Å². The van der Waals surface area contributed by atoms with Gasteiger partial charge in [0.25, 0.3) is 0 Å². The number of piperidine rings is 1. The van der Waals surface area contributed by atoms with E-state index in [9.17, 15) is 4.79 Å². The molecule has 0 radical (unpaired) electrons. The van der Waals surface area contributed by atoms with Crippen molar-refractivity contribution in [1.29, 1.82) is 0 Å². The van der Waals surface area contributed by atoms with Gasteiger partial charge in [0.05, 0.1) is 5.54 Å². The summed E-state index contributed by atoms with van der Waals surface area (Å²) in [7, 11) is 0. The van der Waals surface area contributed by atoms with Crippen molar-refractivity contribution in [3.8, 4) is 0 Å². The molecular weight excluding hydrogens is 204 g/mol. The van der Waals surface area contributed by atoms with Crippen molar-refractivity contribution in [2.24, 2.45) is 5.73 Å². The van der Waals surface area contributed by atoms with Gasteiger partial charge in [-0.1, -0.05) is 0 Å². The van der Waals surface area contributed by atoms with Crippen LogP contribution >= 0.6 is 12.4 Å². The summed E-state index contributed by atoms with van der Waals surface area (Å²) in [6.45, 7) is 1.43. The summed E-state index contributed by atoms with van der Waals surface area (Å²) in [6.07, 6.45) is 3.11. The van der Waals surface area contributed by atoms with Gasteiger partial charge >= 0.3 is 0 Å². The molecule has 2 fully saturated rings. The van der Waals surface area contributed by atoms with E-state index in [1.165, 1.54) is 0 Å². The van der Waals surface area contributed by atoms with Gasteiger partial charge in [-0.15, -0.1) is 12.4 Å². The summed E-state index contributed by atoms with van der Waals surface area (Å²) in [5.41, 5.74) is 5.88. The van der Waals surface area contributed by atoms with Gasteiger partial charge in [-0.25, -0.2) is 0 Å². The van der Waals surface area contributed by atoms with E-state index >= 15 is 0 Å². The summed E-state index contributed by atoms with van der Waals surface area (Å²) < 4.78 is 5.27. The summed E-state index contributed by atoms with van der Waals surface area (Å²) in [5, 5.41) is 3.04. The van der Waals surface area contributed by atoms with Crippen LogP contribution < -0.4 is 11.1 Å². The highest BCUT2D eigenvalue weighted by atomic mass is 35.5. The molecule has 2 saturated heterocycles. The number of amides is 1. The highest BCUT2D eigenvalue weighted by Gasteiger charge is 2.42. The highest BCUT2D eigenvalue weighted by Crippen LogP contribution is 2.28. The van der Waals surface area contributed by atoms with E-state index < -0.39 is 0 Å². The molecule has 2 aliphatic rings. The van der Waals surface area contributed by atoms with Gasteiger partial charge in [-0.2, -0.15) is 0 Å². The van der Waals surface area contributed by atoms with E-state index in [1.807, 2.05) is 0 Å². The Kier molecular flexibility index (Phi) is 3.75. The van der Waals surface area contributed by atoms with Gasteiger partial charge in [-0.05, 0) is 19.3 Å². The molecule has 2 aliphatic heterocycles. The lowest BCUT2D eigenvalue weighted by atomic mass is 9.78. The van der Waals surface area contributed by atoms with Crippen LogP contribution in [0, 0.1) is 0 Å². The fourth-order valence-corrected chi connectivity index (χ4v) is 2.23. The fraction of sp³-hybridized carbons (Fsp3) is 0.889. The largest absolute Gasteiger partial charge is 0.381 e. The molecule has 2 rings (SSSR count). The monoisotopic (exact) mass is 220 g/mol. The first kappa shape index (κ1) is 11.8. The van der Waals surface area contributed by atoms with Gasteiger partial charge in [0.2, 0.25) is 5.91 Å².